The third-order valence-corrected chi connectivity index (χ3v) is 7.17. The topological polar surface area (TPSA) is 113 Å². The molecule has 1 saturated heterocycles. The van der Waals surface area contributed by atoms with Crippen molar-refractivity contribution in [1.29, 1.82) is 0 Å². The van der Waals surface area contributed by atoms with Gasteiger partial charge in [0.05, 0.1) is 25.4 Å². The number of halogens is 5. The lowest BCUT2D eigenvalue weighted by molar-refractivity contribution is -0.149. The van der Waals surface area contributed by atoms with Gasteiger partial charge < -0.3 is 19.9 Å². The molecular formula is C23H21Cl2F3N4O5S. The first-order valence-corrected chi connectivity index (χ1v) is 12.9. The summed E-state index contributed by atoms with van der Waals surface area (Å²) < 4.78 is 50.4. The normalized spacial score (nSPS) is 20.6. The summed E-state index contributed by atoms with van der Waals surface area (Å²) in [5.74, 6) is -1.91. The average molecular weight is 593 g/mol. The van der Waals surface area contributed by atoms with Crippen molar-refractivity contribution in [2.24, 2.45) is 4.99 Å². The Hall–Kier alpha value is -2.71. The Morgan fingerprint density at radius 2 is 2.11 bits per heavy atom. The molecule has 2 atom stereocenters. The lowest BCUT2D eigenvalue weighted by Gasteiger charge is -2.35. The summed E-state index contributed by atoms with van der Waals surface area (Å²) in [6.45, 7) is 1.96. The second-order valence-electron chi connectivity index (χ2n) is 8.22. The van der Waals surface area contributed by atoms with Crippen molar-refractivity contribution in [2.75, 3.05) is 32.9 Å². The minimum Gasteiger partial charge on any atom is -0.480 e. The van der Waals surface area contributed by atoms with E-state index in [2.05, 4.69) is 15.3 Å². The van der Waals surface area contributed by atoms with Crippen molar-refractivity contribution in [3.63, 3.8) is 0 Å². The maximum absolute atomic E-state index is 13.3. The summed E-state index contributed by atoms with van der Waals surface area (Å²) in [5, 5.41) is 13.9. The summed E-state index contributed by atoms with van der Waals surface area (Å²) >= 11 is 13.2. The fourth-order valence-electron chi connectivity index (χ4n) is 4.00. The molecule has 0 radical (unpaired) electrons. The predicted octanol–water partition coefficient (Wildman–Crippen LogP) is 4.16. The Balaban J connectivity index is 1.85. The molecule has 2 N–H and O–H groups in total. The molecule has 1 aromatic heterocycles. The molecule has 0 amide bonds. The Labute approximate surface area is 228 Å². The lowest BCUT2D eigenvalue weighted by atomic mass is 9.95. The third-order valence-electron chi connectivity index (χ3n) is 5.76. The summed E-state index contributed by atoms with van der Waals surface area (Å²) in [4.78, 5) is 34.9. The van der Waals surface area contributed by atoms with Gasteiger partial charge in [0.2, 0.25) is 0 Å². The molecule has 38 heavy (non-hydrogen) atoms. The molecule has 0 spiro atoms. The number of esters is 1. The van der Waals surface area contributed by atoms with Crippen LogP contribution in [0.1, 0.15) is 29.2 Å². The highest BCUT2D eigenvalue weighted by Crippen LogP contribution is 2.38. The van der Waals surface area contributed by atoms with Crippen LogP contribution in [-0.4, -0.2) is 71.7 Å². The number of carboxylic acids is 1. The van der Waals surface area contributed by atoms with E-state index in [1.54, 1.807) is 17.9 Å². The number of carbonyl (C=O) groups is 2. The van der Waals surface area contributed by atoms with E-state index in [0.717, 1.165) is 5.38 Å². The number of aromatic nitrogens is 1. The van der Waals surface area contributed by atoms with Gasteiger partial charge in [-0.1, -0.05) is 29.3 Å². The number of nitrogens with zero attached hydrogens (tertiary/aromatic N) is 3. The van der Waals surface area contributed by atoms with Crippen LogP contribution in [0.4, 0.5) is 13.2 Å². The zero-order valence-corrected chi connectivity index (χ0v) is 22.0. The smallest absolute Gasteiger partial charge is 0.434 e. The van der Waals surface area contributed by atoms with E-state index in [0.29, 0.717) is 21.9 Å². The van der Waals surface area contributed by atoms with Gasteiger partial charge >= 0.3 is 18.1 Å². The number of aliphatic carboxylic acids is 1. The van der Waals surface area contributed by atoms with Gasteiger partial charge in [-0.15, -0.1) is 11.3 Å². The third kappa shape index (κ3) is 6.12. The zero-order valence-electron chi connectivity index (χ0n) is 19.7. The van der Waals surface area contributed by atoms with Crippen LogP contribution in [0.25, 0.3) is 0 Å². The number of carbonyl (C=O) groups excluding carboxylic acids is 1. The summed E-state index contributed by atoms with van der Waals surface area (Å²) in [6, 6.07) is 2.42. The number of morpholine rings is 1. The van der Waals surface area contributed by atoms with Crippen molar-refractivity contribution in [2.45, 2.75) is 25.2 Å². The Bertz CT molecular complexity index is 1300. The fourth-order valence-corrected chi connectivity index (χ4v) is 5.28. The van der Waals surface area contributed by atoms with Crippen LogP contribution in [0.15, 0.2) is 39.8 Å². The molecule has 4 rings (SSSR count). The van der Waals surface area contributed by atoms with Gasteiger partial charge in [0.25, 0.3) is 0 Å². The Morgan fingerprint density at radius 1 is 1.34 bits per heavy atom. The van der Waals surface area contributed by atoms with E-state index in [-0.39, 0.29) is 60.0 Å². The van der Waals surface area contributed by atoms with Gasteiger partial charge in [-0.25, -0.2) is 9.78 Å². The zero-order chi connectivity index (χ0) is 27.6. The summed E-state index contributed by atoms with van der Waals surface area (Å²) in [7, 11) is 0. The van der Waals surface area contributed by atoms with Crippen LogP contribution in [0.3, 0.4) is 0 Å². The summed E-state index contributed by atoms with van der Waals surface area (Å²) in [5.41, 5.74) is -0.520. The second-order valence-corrected chi connectivity index (χ2v) is 9.92. The number of nitrogens with one attached hydrogen (secondary N) is 1. The summed E-state index contributed by atoms with van der Waals surface area (Å²) in [6.07, 6.45) is -4.67. The van der Waals surface area contributed by atoms with Crippen molar-refractivity contribution >= 4 is 52.3 Å². The molecule has 2 unspecified atom stereocenters. The molecule has 2 aromatic rings. The van der Waals surface area contributed by atoms with E-state index >= 15 is 0 Å². The molecule has 15 heteroatoms. The monoisotopic (exact) mass is 592 g/mol. The van der Waals surface area contributed by atoms with Gasteiger partial charge in [0.1, 0.15) is 12.1 Å². The van der Waals surface area contributed by atoms with Crippen LogP contribution >= 0.6 is 34.5 Å². The van der Waals surface area contributed by atoms with E-state index in [1.165, 1.54) is 12.1 Å². The first-order valence-electron chi connectivity index (χ1n) is 11.3. The van der Waals surface area contributed by atoms with E-state index in [4.69, 9.17) is 32.7 Å². The predicted molar refractivity (Wildman–Crippen MR) is 133 cm³/mol. The highest BCUT2D eigenvalue weighted by atomic mass is 35.5. The number of carboxylic acid groups (broad SMARTS) is 1. The molecule has 0 bridgehead atoms. The molecule has 2 aliphatic rings. The number of amidine groups is 1. The van der Waals surface area contributed by atoms with E-state index < -0.39 is 35.9 Å². The van der Waals surface area contributed by atoms with Gasteiger partial charge in [0, 0.05) is 39.8 Å². The first-order chi connectivity index (χ1) is 18.0. The van der Waals surface area contributed by atoms with Crippen molar-refractivity contribution in [3.8, 4) is 0 Å². The highest BCUT2D eigenvalue weighted by molar-refractivity contribution is 7.11. The number of hydrogen-bond acceptors (Lipinski definition) is 9. The standard InChI is InChI=1S/C23H21Cl2F3N4O5S/c1-2-37-22(35)17-14(8-32-5-6-36-9-15(32)21(33)34)29-19(20-30-16(10-38-20)23(26,27)28)31-18(17)12-4-3-11(24)7-13(12)25/h3-4,7,10,15,18H,2,5-6,8-9H2,1H3,(H,29,31)(H,33,34). The maximum Gasteiger partial charge on any atom is 0.434 e. The van der Waals surface area contributed by atoms with Crippen LogP contribution in [0.2, 0.25) is 10.0 Å². The number of hydrogen-bond donors (Lipinski definition) is 2. The molecule has 3 heterocycles. The molecule has 2 aliphatic heterocycles. The number of aliphatic imine (C=N–C) groups is 1. The largest absolute Gasteiger partial charge is 0.480 e. The second kappa shape index (κ2) is 11.6. The number of thiazole rings is 1. The van der Waals surface area contributed by atoms with Gasteiger partial charge in [0.15, 0.2) is 16.5 Å². The highest BCUT2D eigenvalue weighted by Gasteiger charge is 2.39. The minimum atomic E-state index is -4.67. The van der Waals surface area contributed by atoms with Crippen LogP contribution in [-0.2, 0) is 25.2 Å². The molecule has 0 saturated carbocycles. The number of ether oxygens (including phenoxy) is 2. The maximum atomic E-state index is 13.3. The molecule has 0 aliphatic carbocycles. The van der Waals surface area contributed by atoms with Crippen molar-refractivity contribution in [1.82, 2.24) is 15.2 Å². The van der Waals surface area contributed by atoms with Crippen molar-refractivity contribution in [3.05, 3.63) is 61.2 Å². The molecular weight excluding hydrogens is 572 g/mol. The van der Waals surface area contributed by atoms with Gasteiger partial charge in [-0.2, -0.15) is 13.2 Å². The van der Waals surface area contributed by atoms with Gasteiger partial charge in [-0.05, 0) is 19.1 Å². The SMILES string of the molecule is CCOC(=O)C1=C(CN2CCOCC2C(=O)O)NC(c2nc(C(F)(F)F)cs2)=NC1c1ccc(Cl)cc1Cl. The van der Waals surface area contributed by atoms with Crippen molar-refractivity contribution < 1.29 is 37.3 Å². The Morgan fingerprint density at radius 3 is 2.74 bits per heavy atom. The lowest BCUT2D eigenvalue weighted by Crippen LogP contribution is -2.52. The first kappa shape index (κ1) is 28.3. The quantitative estimate of drug-likeness (QED) is 0.461. The number of benzene rings is 1. The fraction of sp³-hybridized carbons (Fsp3) is 0.391. The van der Waals surface area contributed by atoms with Crippen LogP contribution < -0.4 is 5.32 Å². The molecule has 9 nitrogen and oxygen atoms in total. The number of rotatable bonds is 7. The average Bonchev–Trinajstić information content (AvgIpc) is 3.35. The molecule has 204 valence electrons. The molecule has 1 aromatic carbocycles. The van der Waals surface area contributed by atoms with E-state index in [9.17, 15) is 27.9 Å². The molecule has 1 fully saturated rings. The van der Waals surface area contributed by atoms with E-state index in [1.807, 2.05) is 0 Å². The van der Waals surface area contributed by atoms with Gasteiger partial charge in [-0.3, -0.25) is 14.7 Å². The minimum absolute atomic E-state index is 0.0306. The van der Waals surface area contributed by atoms with Crippen LogP contribution in [0, 0.1) is 0 Å². The number of alkyl halides is 3. The Kier molecular flexibility index (Phi) is 8.62. The van der Waals surface area contributed by atoms with Crippen LogP contribution in [0.5, 0.6) is 0 Å².